The van der Waals surface area contributed by atoms with Gasteiger partial charge in [-0.3, -0.25) is 4.90 Å². The predicted octanol–water partition coefficient (Wildman–Crippen LogP) is 1.32. The molecular weight excluding hydrogens is 254 g/mol. The number of likely N-dealkylation sites (tertiary alicyclic amines) is 1. The van der Waals surface area contributed by atoms with Gasteiger partial charge in [0.1, 0.15) is 0 Å². The minimum Gasteiger partial charge on any atom is -0.396 e. The number of urea groups is 1. The Morgan fingerprint density at radius 2 is 2.15 bits per heavy atom. The summed E-state index contributed by atoms with van der Waals surface area (Å²) in [5, 5.41) is 15.0. The molecule has 2 atom stereocenters. The van der Waals surface area contributed by atoms with E-state index in [-0.39, 0.29) is 18.7 Å². The molecule has 3 N–H and O–H groups in total. The van der Waals surface area contributed by atoms with Gasteiger partial charge in [-0.15, -0.1) is 0 Å². The second kappa shape index (κ2) is 7.84. The molecule has 5 heteroatoms. The van der Waals surface area contributed by atoms with E-state index in [1.54, 1.807) is 0 Å². The van der Waals surface area contributed by atoms with Gasteiger partial charge in [-0.2, -0.15) is 0 Å². The summed E-state index contributed by atoms with van der Waals surface area (Å²) >= 11 is 0. The Kier molecular flexibility index (Phi) is 6.10. The average molecular weight is 283 g/mol. The van der Waals surface area contributed by atoms with Gasteiger partial charge in [-0.25, -0.2) is 4.79 Å². The van der Waals surface area contributed by atoms with Gasteiger partial charge in [0.15, 0.2) is 0 Å². The van der Waals surface area contributed by atoms with Crippen molar-refractivity contribution in [3.63, 3.8) is 0 Å². The van der Waals surface area contributed by atoms with Crippen molar-refractivity contribution in [1.29, 1.82) is 0 Å². The highest BCUT2D eigenvalue weighted by Crippen LogP contribution is 2.33. The zero-order valence-electron chi connectivity index (χ0n) is 12.6. The van der Waals surface area contributed by atoms with Gasteiger partial charge in [0.25, 0.3) is 0 Å². The minimum atomic E-state index is -0.0833. The van der Waals surface area contributed by atoms with E-state index in [9.17, 15) is 4.79 Å². The number of carbonyl (C=O) groups is 1. The third kappa shape index (κ3) is 4.94. The highest BCUT2D eigenvalue weighted by Gasteiger charge is 2.31. The summed E-state index contributed by atoms with van der Waals surface area (Å²) in [4.78, 5) is 14.3. The maximum atomic E-state index is 11.9. The molecule has 1 saturated carbocycles. The fraction of sp³-hybridized carbons (Fsp3) is 0.933. The lowest BCUT2D eigenvalue weighted by molar-refractivity contribution is 0.161. The fourth-order valence-electron chi connectivity index (χ4n) is 3.09. The number of carbonyl (C=O) groups excluding carboxylic acids is 1. The molecule has 1 aliphatic heterocycles. The van der Waals surface area contributed by atoms with Gasteiger partial charge in [0.2, 0.25) is 0 Å². The van der Waals surface area contributed by atoms with Crippen molar-refractivity contribution in [2.24, 2.45) is 5.92 Å². The molecule has 2 amide bonds. The smallest absolute Gasteiger partial charge is 0.315 e. The van der Waals surface area contributed by atoms with Crippen LogP contribution in [0.4, 0.5) is 4.79 Å². The van der Waals surface area contributed by atoms with Crippen molar-refractivity contribution in [2.45, 2.75) is 57.5 Å². The summed E-state index contributed by atoms with van der Waals surface area (Å²) in [6.07, 6.45) is 6.90. The number of nitrogens with one attached hydrogen (secondary N) is 2. The van der Waals surface area contributed by atoms with E-state index in [4.69, 9.17) is 5.11 Å². The number of nitrogens with zero attached hydrogens (tertiary/aromatic N) is 1. The molecule has 2 fully saturated rings. The number of amides is 2. The summed E-state index contributed by atoms with van der Waals surface area (Å²) < 4.78 is 0. The molecule has 2 aliphatic rings. The number of aliphatic hydroxyl groups excluding tert-OH is 1. The van der Waals surface area contributed by atoms with Gasteiger partial charge in [-0.05, 0) is 51.5 Å². The Morgan fingerprint density at radius 1 is 1.35 bits per heavy atom. The number of rotatable bonds is 7. The van der Waals surface area contributed by atoms with Crippen LogP contribution in [0.2, 0.25) is 0 Å². The number of aliphatic hydroxyl groups is 1. The van der Waals surface area contributed by atoms with E-state index in [1.165, 1.54) is 32.1 Å². The normalized spacial score (nSPS) is 25.2. The topological polar surface area (TPSA) is 64.6 Å². The van der Waals surface area contributed by atoms with Crippen molar-refractivity contribution in [1.82, 2.24) is 15.5 Å². The monoisotopic (exact) mass is 283 g/mol. The highest BCUT2D eigenvalue weighted by molar-refractivity contribution is 5.74. The average Bonchev–Trinajstić information content (AvgIpc) is 3.25. The lowest BCUT2D eigenvalue weighted by Gasteiger charge is -2.33. The Morgan fingerprint density at radius 3 is 2.80 bits per heavy atom. The van der Waals surface area contributed by atoms with Crippen LogP contribution in [0, 0.1) is 5.92 Å². The van der Waals surface area contributed by atoms with Crippen LogP contribution in [0.15, 0.2) is 0 Å². The third-order valence-electron chi connectivity index (χ3n) is 4.57. The molecule has 20 heavy (non-hydrogen) atoms. The Balaban J connectivity index is 1.61. The Bertz CT molecular complexity index is 307. The Hall–Kier alpha value is -0.810. The SMILES string of the molecule is C[C@H]1CCCCN1CCNC(=O)N[C@@H](CCO)C1CC1. The van der Waals surface area contributed by atoms with Crippen LogP contribution in [0.5, 0.6) is 0 Å². The third-order valence-corrected chi connectivity index (χ3v) is 4.57. The van der Waals surface area contributed by atoms with Crippen LogP contribution >= 0.6 is 0 Å². The van der Waals surface area contributed by atoms with E-state index in [0.29, 0.717) is 24.9 Å². The van der Waals surface area contributed by atoms with Gasteiger partial charge < -0.3 is 15.7 Å². The fourth-order valence-corrected chi connectivity index (χ4v) is 3.09. The summed E-state index contributed by atoms with van der Waals surface area (Å²) in [7, 11) is 0. The number of hydrogen-bond acceptors (Lipinski definition) is 3. The first kappa shape index (κ1) is 15.6. The van der Waals surface area contributed by atoms with E-state index in [1.807, 2.05) is 0 Å². The minimum absolute atomic E-state index is 0.0833. The van der Waals surface area contributed by atoms with E-state index >= 15 is 0 Å². The first-order chi connectivity index (χ1) is 9.70. The molecule has 0 unspecified atom stereocenters. The number of hydrogen-bond donors (Lipinski definition) is 3. The molecule has 0 aromatic heterocycles. The van der Waals surface area contributed by atoms with Gasteiger partial charge >= 0.3 is 6.03 Å². The van der Waals surface area contributed by atoms with Crippen molar-refractivity contribution >= 4 is 6.03 Å². The lowest BCUT2D eigenvalue weighted by atomic mass is 10.0. The maximum absolute atomic E-state index is 11.9. The second-order valence-electron chi connectivity index (χ2n) is 6.24. The van der Waals surface area contributed by atoms with E-state index < -0.39 is 0 Å². The summed E-state index contributed by atoms with van der Waals surface area (Å²) in [6, 6.07) is 0.705. The molecule has 5 nitrogen and oxygen atoms in total. The van der Waals surface area contributed by atoms with Crippen molar-refractivity contribution in [2.75, 3.05) is 26.2 Å². The van der Waals surface area contributed by atoms with Crippen LogP contribution in [-0.2, 0) is 0 Å². The lowest BCUT2D eigenvalue weighted by Crippen LogP contribution is -2.47. The van der Waals surface area contributed by atoms with E-state index in [0.717, 1.165) is 13.1 Å². The zero-order chi connectivity index (χ0) is 14.4. The molecule has 0 radical (unpaired) electrons. The maximum Gasteiger partial charge on any atom is 0.315 e. The van der Waals surface area contributed by atoms with Crippen LogP contribution < -0.4 is 10.6 Å². The quantitative estimate of drug-likeness (QED) is 0.660. The van der Waals surface area contributed by atoms with Crippen LogP contribution in [0.1, 0.15) is 45.4 Å². The summed E-state index contributed by atoms with van der Waals surface area (Å²) in [5.41, 5.74) is 0. The molecule has 0 aromatic rings. The van der Waals surface area contributed by atoms with Gasteiger partial charge in [0, 0.05) is 31.8 Å². The van der Waals surface area contributed by atoms with Gasteiger partial charge in [0.05, 0.1) is 0 Å². The second-order valence-corrected chi connectivity index (χ2v) is 6.24. The van der Waals surface area contributed by atoms with Crippen LogP contribution in [0.3, 0.4) is 0 Å². The molecule has 116 valence electrons. The largest absolute Gasteiger partial charge is 0.396 e. The molecule has 0 aromatic carbocycles. The molecule has 1 saturated heterocycles. The van der Waals surface area contributed by atoms with Gasteiger partial charge in [-0.1, -0.05) is 6.42 Å². The zero-order valence-corrected chi connectivity index (χ0v) is 12.6. The predicted molar refractivity (Wildman–Crippen MR) is 79.6 cm³/mol. The molecule has 0 spiro atoms. The molecule has 1 aliphatic carbocycles. The van der Waals surface area contributed by atoms with Crippen LogP contribution in [0.25, 0.3) is 0 Å². The number of piperidine rings is 1. The Labute approximate surface area is 122 Å². The first-order valence-corrected chi connectivity index (χ1v) is 8.10. The molecule has 2 rings (SSSR count). The van der Waals surface area contributed by atoms with Crippen molar-refractivity contribution < 1.29 is 9.90 Å². The van der Waals surface area contributed by atoms with Crippen molar-refractivity contribution in [3.05, 3.63) is 0 Å². The molecular formula is C15H29N3O2. The van der Waals surface area contributed by atoms with E-state index in [2.05, 4.69) is 22.5 Å². The first-order valence-electron chi connectivity index (χ1n) is 8.10. The molecule has 1 heterocycles. The van der Waals surface area contributed by atoms with Crippen molar-refractivity contribution in [3.8, 4) is 0 Å². The standard InChI is InChI=1S/C15H29N3O2/c1-12-4-2-3-9-18(12)10-8-16-15(20)17-14(7-11-19)13-5-6-13/h12-14,19H,2-11H2,1H3,(H2,16,17,20)/t12-,14-/m0/s1. The molecule has 0 bridgehead atoms. The summed E-state index contributed by atoms with van der Waals surface area (Å²) in [6.45, 7) is 5.20. The summed E-state index contributed by atoms with van der Waals surface area (Å²) in [5.74, 6) is 0.579. The highest BCUT2D eigenvalue weighted by atomic mass is 16.3. The van der Waals surface area contributed by atoms with Crippen LogP contribution in [-0.4, -0.2) is 54.4 Å².